The predicted octanol–water partition coefficient (Wildman–Crippen LogP) is 1.80. The van der Waals surface area contributed by atoms with Crippen LogP contribution in [0.15, 0.2) is 24.3 Å². The molecule has 1 aromatic rings. The highest BCUT2D eigenvalue weighted by Gasteiger charge is 2.29. The molecule has 1 N–H and O–H groups in total. The molecule has 0 bridgehead atoms. The average Bonchev–Trinajstić information content (AvgIpc) is 2.61. The molecule has 2 fully saturated rings. The molecule has 0 spiro atoms. The molecule has 1 atom stereocenters. The summed E-state index contributed by atoms with van der Waals surface area (Å²) in [5, 5.41) is 3.05. The fourth-order valence-electron chi connectivity index (χ4n) is 3.97. The summed E-state index contributed by atoms with van der Waals surface area (Å²) in [5.41, 5.74) is 2.39. The number of rotatable bonds is 5. The number of nitrogens with zero attached hydrogens (tertiary/aromatic N) is 2. The van der Waals surface area contributed by atoms with Crippen LogP contribution in [-0.2, 0) is 16.1 Å². The zero-order valence-electron chi connectivity index (χ0n) is 15.5. The summed E-state index contributed by atoms with van der Waals surface area (Å²) in [7, 11) is 0. The highest BCUT2D eigenvalue weighted by atomic mass is 16.5. The van der Waals surface area contributed by atoms with Gasteiger partial charge in [-0.3, -0.25) is 14.6 Å². The van der Waals surface area contributed by atoms with Gasteiger partial charge in [0.2, 0.25) is 5.91 Å². The Balaban J connectivity index is 1.39. The van der Waals surface area contributed by atoms with E-state index < -0.39 is 0 Å². The lowest BCUT2D eigenvalue weighted by Crippen LogP contribution is -2.53. The van der Waals surface area contributed by atoms with Crippen molar-refractivity contribution in [3.8, 4) is 0 Å². The molecule has 3 rings (SSSR count). The summed E-state index contributed by atoms with van der Waals surface area (Å²) in [6, 6.07) is 9.45. The van der Waals surface area contributed by atoms with E-state index >= 15 is 0 Å². The Hall–Kier alpha value is -1.43. The standard InChI is InChI=1S/C20H31N3O2/c1-16-4-3-5-18(12-16)13-21-20(24)14-22-8-6-19(7-9-22)23-10-11-25-15-17(23)2/h3-5,12,17,19H,6-11,13-15H2,1-2H3,(H,21,24)/t17-/m0/s1. The van der Waals surface area contributed by atoms with Crippen LogP contribution in [0.4, 0.5) is 0 Å². The van der Waals surface area contributed by atoms with E-state index in [9.17, 15) is 4.79 Å². The number of hydrogen-bond donors (Lipinski definition) is 1. The van der Waals surface area contributed by atoms with Crippen LogP contribution in [0.5, 0.6) is 0 Å². The van der Waals surface area contributed by atoms with Crippen LogP contribution in [-0.4, -0.2) is 67.2 Å². The number of hydrogen-bond acceptors (Lipinski definition) is 4. The molecule has 25 heavy (non-hydrogen) atoms. The van der Waals surface area contributed by atoms with Gasteiger partial charge in [0.1, 0.15) is 0 Å². The van der Waals surface area contributed by atoms with Crippen molar-refractivity contribution in [3.05, 3.63) is 35.4 Å². The zero-order valence-corrected chi connectivity index (χ0v) is 15.5. The molecule has 1 aromatic carbocycles. The molecule has 5 nitrogen and oxygen atoms in total. The van der Waals surface area contributed by atoms with Gasteiger partial charge in [-0.25, -0.2) is 0 Å². The molecule has 2 saturated heterocycles. The summed E-state index contributed by atoms with van der Waals surface area (Å²) in [6.07, 6.45) is 2.30. The van der Waals surface area contributed by atoms with Gasteiger partial charge in [0.25, 0.3) is 0 Å². The number of nitrogens with one attached hydrogen (secondary N) is 1. The molecule has 5 heteroatoms. The van der Waals surface area contributed by atoms with E-state index in [0.29, 0.717) is 25.2 Å². The number of benzene rings is 1. The van der Waals surface area contributed by atoms with Crippen molar-refractivity contribution in [2.24, 2.45) is 0 Å². The largest absolute Gasteiger partial charge is 0.379 e. The Morgan fingerprint density at radius 1 is 1.28 bits per heavy atom. The summed E-state index contributed by atoms with van der Waals surface area (Å²) in [5.74, 6) is 0.125. The number of morpholine rings is 1. The highest BCUT2D eigenvalue weighted by molar-refractivity contribution is 5.78. The van der Waals surface area contributed by atoms with Crippen LogP contribution in [0.3, 0.4) is 0 Å². The van der Waals surface area contributed by atoms with E-state index in [2.05, 4.69) is 47.2 Å². The molecule has 0 aliphatic carbocycles. The van der Waals surface area contributed by atoms with Crippen LogP contribution in [0.2, 0.25) is 0 Å². The predicted molar refractivity (Wildman–Crippen MR) is 99.5 cm³/mol. The number of piperidine rings is 1. The first-order valence-corrected chi connectivity index (χ1v) is 9.50. The lowest BCUT2D eigenvalue weighted by Gasteiger charge is -2.43. The van der Waals surface area contributed by atoms with E-state index in [1.54, 1.807) is 0 Å². The van der Waals surface area contributed by atoms with Crippen molar-refractivity contribution in [3.63, 3.8) is 0 Å². The van der Waals surface area contributed by atoms with E-state index in [4.69, 9.17) is 4.74 Å². The van der Waals surface area contributed by atoms with Crippen molar-refractivity contribution in [2.45, 2.75) is 45.3 Å². The monoisotopic (exact) mass is 345 g/mol. The number of aryl methyl sites for hydroxylation is 1. The molecule has 2 aliphatic heterocycles. The average molecular weight is 345 g/mol. The van der Waals surface area contributed by atoms with Crippen LogP contribution >= 0.6 is 0 Å². The number of likely N-dealkylation sites (tertiary alicyclic amines) is 1. The Morgan fingerprint density at radius 3 is 2.80 bits per heavy atom. The van der Waals surface area contributed by atoms with Crippen LogP contribution < -0.4 is 5.32 Å². The van der Waals surface area contributed by atoms with Crippen LogP contribution in [0.25, 0.3) is 0 Å². The first-order valence-electron chi connectivity index (χ1n) is 9.50. The quantitative estimate of drug-likeness (QED) is 0.884. The minimum atomic E-state index is 0.125. The number of amides is 1. The molecular weight excluding hydrogens is 314 g/mol. The zero-order chi connectivity index (χ0) is 17.6. The first-order chi connectivity index (χ1) is 12.1. The molecule has 1 amide bonds. The van der Waals surface area contributed by atoms with Gasteiger partial charge in [0.05, 0.1) is 19.8 Å². The third-order valence-corrected chi connectivity index (χ3v) is 5.38. The number of ether oxygens (including phenoxy) is 1. The van der Waals surface area contributed by atoms with E-state index in [0.717, 1.165) is 51.3 Å². The lowest BCUT2D eigenvalue weighted by molar-refractivity contribution is -0.123. The summed E-state index contributed by atoms with van der Waals surface area (Å²) >= 11 is 0. The SMILES string of the molecule is Cc1cccc(CNC(=O)CN2CCC(N3CCOC[C@@H]3C)CC2)c1. The lowest BCUT2D eigenvalue weighted by atomic mass is 10.0. The summed E-state index contributed by atoms with van der Waals surface area (Å²) in [4.78, 5) is 17.1. The smallest absolute Gasteiger partial charge is 0.234 e. The first kappa shape index (κ1) is 18.4. The second kappa shape index (κ2) is 8.79. The van der Waals surface area contributed by atoms with E-state index in [-0.39, 0.29) is 5.91 Å². The minimum absolute atomic E-state index is 0.125. The Morgan fingerprint density at radius 2 is 2.08 bits per heavy atom. The molecule has 138 valence electrons. The number of carbonyl (C=O) groups excluding carboxylic acids is 1. The fourth-order valence-corrected chi connectivity index (χ4v) is 3.97. The van der Waals surface area contributed by atoms with Crippen molar-refractivity contribution in [1.29, 1.82) is 0 Å². The van der Waals surface area contributed by atoms with E-state index in [1.807, 2.05) is 6.07 Å². The second-order valence-corrected chi connectivity index (χ2v) is 7.43. The molecule has 0 radical (unpaired) electrons. The normalized spacial score (nSPS) is 23.5. The third kappa shape index (κ3) is 5.27. The van der Waals surface area contributed by atoms with Crippen molar-refractivity contribution in [2.75, 3.05) is 39.4 Å². The highest BCUT2D eigenvalue weighted by Crippen LogP contribution is 2.20. The Kier molecular flexibility index (Phi) is 6.45. The van der Waals surface area contributed by atoms with Gasteiger partial charge in [0.15, 0.2) is 0 Å². The molecule has 0 unspecified atom stereocenters. The van der Waals surface area contributed by atoms with Crippen LogP contribution in [0, 0.1) is 6.92 Å². The van der Waals surface area contributed by atoms with Gasteiger partial charge in [-0.05, 0) is 32.3 Å². The topological polar surface area (TPSA) is 44.8 Å². The van der Waals surface area contributed by atoms with E-state index in [1.165, 1.54) is 5.56 Å². The molecule has 0 aromatic heterocycles. The summed E-state index contributed by atoms with van der Waals surface area (Å²) in [6.45, 7) is 10.2. The maximum Gasteiger partial charge on any atom is 0.234 e. The second-order valence-electron chi connectivity index (χ2n) is 7.43. The number of carbonyl (C=O) groups is 1. The maximum atomic E-state index is 12.2. The third-order valence-electron chi connectivity index (χ3n) is 5.38. The van der Waals surface area contributed by atoms with Gasteiger partial charge in [-0.15, -0.1) is 0 Å². The van der Waals surface area contributed by atoms with Crippen molar-refractivity contribution < 1.29 is 9.53 Å². The summed E-state index contributed by atoms with van der Waals surface area (Å²) < 4.78 is 5.54. The fraction of sp³-hybridized carbons (Fsp3) is 0.650. The van der Waals surface area contributed by atoms with Crippen molar-refractivity contribution >= 4 is 5.91 Å². The minimum Gasteiger partial charge on any atom is -0.379 e. The van der Waals surface area contributed by atoms with Crippen LogP contribution in [0.1, 0.15) is 30.9 Å². The molecule has 0 saturated carbocycles. The van der Waals surface area contributed by atoms with Gasteiger partial charge >= 0.3 is 0 Å². The molecule has 2 aliphatic rings. The van der Waals surface area contributed by atoms with Gasteiger partial charge in [0, 0.05) is 38.3 Å². The van der Waals surface area contributed by atoms with Gasteiger partial charge < -0.3 is 10.1 Å². The maximum absolute atomic E-state index is 12.2. The van der Waals surface area contributed by atoms with Gasteiger partial charge in [-0.2, -0.15) is 0 Å². The Bertz CT molecular complexity index is 570. The van der Waals surface area contributed by atoms with Gasteiger partial charge in [-0.1, -0.05) is 29.8 Å². The molecular formula is C20H31N3O2. The van der Waals surface area contributed by atoms with Crippen molar-refractivity contribution in [1.82, 2.24) is 15.1 Å². The molecule has 2 heterocycles. The Labute approximate surface area is 151 Å².